The van der Waals surface area contributed by atoms with E-state index in [1.807, 2.05) is 13.0 Å². The van der Waals surface area contributed by atoms with Crippen molar-refractivity contribution in [3.8, 4) is 0 Å². The Kier molecular flexibility index (Phi) is 6.09. The van der Waals surface area contributed by atoms with Crippen molar-refractivity contribution in [1.82, 2.24) is 25.0 Å². The molecule has 1 N–H and O–H groups in total. The number of hydrogen-bond acceptors (Lipinski definition) is 5. The highest BCUT2D eigenvalue weighted by molar-refractivity contribution is 5.91. The summed E-state index contributed by atoms with van der Waals surface area (Å²) in [5.41, 5.74) is 2.56. The fourth-order valence-electron chi connectivity index (χ4n) is 3.84. The number of nitrogens with zero attached hydrogens (tertiary/aromatic N) is 4. The van der Waals surface area contributed by atoms with Crippen molar-refractivity contribution in [3.05, 3.63) is 77.3 Å². The Bertz CT molecular complexity index is 1010. The van der Waals surface area contributed by atoms with E-state index < -0.39 is 0 Å². The second-order valence-corrected chi connectivity index (χ2v) is 7.73. The maximum atomic E-state index is 12.3. The van der Waals surface area contributed by atoms with Crippen molar-refractivity contribution in [2.24, 2.45) is 0 Å². The summed E-state index contributed by atoms with van der Waals surface area (Å²) >= 11 is 0. The quantitative estimate of drug-likeness (QED) is 0.681. The third-order valence-corrected chi connectivity index (χ3v) is 5.31. The first-order valence-electron chi connectivity index (χ1n) is 10.3. The Balaban J connectivity index is 1.39. The molecule has 156 valence electrons. The molecule has 1 aliphatic rings. The second-order valence-electron chi connectivity index (χ2n) is 7.73. The minimum atomic E-state index is -0.255. The normalized spacial score (nSPS) is 16.0. The molecule has 0 bridgehead atoms. The third kappa shape index (κ3) is 4.68. The molecule has 0 radical (unpaired) electrons. The zero-order valence-electron chi connectivity index (χ0n) is 17.4. The zero-order chi connectivity index (χ0) is 20.9. The molecule has 0 aliphatic carbocycles. The number of fused-ring (bicyclic) bond motifs is 1. The molecule has 1 unspecified atom stereocenters. The maximum absolute atomic E-state index is 12.3. The zero-order valence-corrected chi connectivity index (χ0v) is 17.4. The molecule has 0 spiro atoms. The number of furan rings is 1. The number of amides is 1. The van der Waals surface area contributed by atoms with Crippen molar-refractivity contribution in [2.75, 3.05) is 19.6 Å². The van der Waals surface area contributed by atoms with E-state index in [1.54, 1.807) is 12.1 Å². The van der Waals surface area contributed by atoms with Gasteiger partial charge >= 0.3 is 0 Å². The van der Waals surface area contributed by atoms with Gasteiger partial charge in [0, 0.05) is 32.6 Å². The highest BCUT2D eigenvalue weighted by Gasteiger charge is 2.23. The Morgan fingerprint density at radius 3 is 2.77 bits per heavy atom. The molecule has 0 saturated carbocycles. The average molecular weight is 406 g/mol. The summed E-state index contributed by atoms with van der Waals surface area (Å²) in [5.74, 6) is 1.80. The predicted octanol–water partition coefficient (Wildman–Crippen LogP) is 3.32. The van der Waals surface area contributed by atoms with Gasteiger partial charge in [0.15, 0.2) is 11.6 Å². The summed E-state index contributed by atoms with van der Waals surface area (Å²) in [6.07, 6.45) is 4.57. The van der Waals surface area contributed by atoms with Crippen LogP contribution >= 0.6 is 0 Å². The maximum Gasteiger partial charge on any atom is 0.287 e. The van der Waals surface area contributed by atoms with Crippen molar-refractivity contribution in [2.45, 2.75) is 32.9 Å². The van der Waals surface area contributed by atoms with Gasteiger partial charge in [-0.1, -0.05) is 42.0 Å². The van der Waals surface area contributed by atoms with Crippen LogP contribution in [0.5, 0.6) is 0 Å². The van der Waals surface area contributed by atoms with Gasteiger partial charge in [0.2, 0.25) is 0 Å². The molecule has 30 heavy (non-hydrogen) atoms. The topological polar surface area (TPSA) is 76.2 Å². The molecule has 4 rings (SSSR count). The highest BCUT2D eigenvalue weighted by Crippen LogP contribution is 2.17. The molecule has 1 aromatic carbocycles. The van der Waals surface area contributed by atoms with Gasteiger partial charge in [-0.3, -0.25) is 9.69 Å². The summed E-state index contributed by atoms with van der Waals surface area (Å²) in [7, 11) is 0. The average Bonchev–Trinajstić information content (AvgIpc) is 3.37. The molecule has 7 nitrogen and oxygen atoms in total. The largest absolute Gasteiger partial charge is 0.459 e. The Morgan fingerprint density at radius 2 is 2.00 bits per heavy atom. The number of rotatable bonds is 6. The van der Waals surface area contributed by atoms with Gasteiger partial charge in [0.25, 0.3) is 5.91 Å². The van der Waals surface area contributed by atoms with E-state index in [9.17, 15) is 4.79 Å². The summed E-state index contributed by atoms with van der Waals surface area (Å²) < 4.78 is 7.32. The van der Waals surface area contributed by atoms with Crippen LogP contribution in [0.2, 0.25) is 0 Å². The van der Waals surface area contributed by atoms with Crippen molar-refractivity contribution in [3.63, 3.8) is 0 Å². The SMILES string of the molecule is C/C(=C\c1ccccc1)CN1CCc2nnc(C(C)NC(=O)c3ccco3)n2CC1. The summed E-state index contributed by atoms with van der Waals surface area (Å²) in [6.45, 7) is 7.68. The van der Waals surface area contributed by atoms with E-state index >= 15 is 0 Å². The number of aromatic nitrogens is 3. The molecular weight excluding hydrogens is 378 g/mol. The lowest BCUT2D eigenvalue weighted by Crippen LogP contribution is -2.30. The Hall–Kier alpha value is -3.19. The minimum absolute atomic E-state index is 0.248. The van der Waals surface area contributed by atoms with E-state index in [-0.39, 0.29) is 11.9 Å². The number of carbonyl (C=O) groups is 1. The van der Waals surface area contributed by atoms with Gasteiger partial charge in [-0.25, -0.2) is 0 Å². The fraction of sp³-hybridized carbons (Fsp3) is 0.348. The van der Waals surface area contributed by atoms with Crippen LogP contribution in [0.25, 0.3) is 6.08 Å². The first kappa shape index (κ1) is 20.1. The van der Waals surface area contributed by atoms with E-state index in [0.717, 1.165) is 44.2 Å². The molecule has 0 saturated heterocycles. The molecule has 7 heteroatoms. The van der Waals surface area contributed by atoms with Gasteiger partial charge in [0.05, 0.1) is 12.3 Å². The molecule has 2 aromatic heterocycles. The van der Waals surface area contributed by atoms with Crippen LogP contribution in [-0.4, -0.2) is 45.2 Å². The molecule has 1 aliphatic heterocycles. The van der Waals surface area contributed by atoms with Gasteiger partial charge in [-0.15, -0.1) is 10.2 Å². The third-order valence-electron chi connectivity index (χ3n) is 5.31. The highest BCUT2D eigenvalue weighted by atomic mass is 16.3. The second kappa shape index (κ2) is 9.09. The van der Waals surface area contributed by atoms with Crippen LogP contribution in [0.15, 0.2) is 58.7 Å². The lowest BCUT2D eigenvalue weighted by molar-refractivity contribution is 0.0909. The lowest BCUT2D eigenvalue weighted by Gasteiger charge is -2.20. The summed E-state index contributed by atoms with van der Waals surface area (Å²) in [4.78, 5) is 14.7. The summed E-state index contributed by atoms with van der Waals surface area (Å²) in [6, 6.07) is 13.5. The number of carbonyl (C=O) groups excluding carboxylic acids is 1. The Morgan fingerprint density at radius 1 is 1.17 bits per heavy atom. The van der Waals surface area contributed by atoms with E-state index in [2.05, 4.69) is 62.2 Å². The van der Waals surface area contributed by atoms with Crippen molar-refractivity contribution in [1.29, 1.82) is 0 Å². The van der Waals surface area contributed by atoms with Crippen LogP contribution < -0.4 is 5.32 Å². The smallest absolute Gasteiger partial charge is 0.287 e. The first-order valence-corrected chi connectivity index (χ1v) is 10.3. The van der Waals surface area contributed by atoms with Crippen LogP contribution in [0.4, 0.5) is 0 Å². The number of hydrogen-bond donors (Lipinski definition) is 1. The fourth-order valence-corrected chi connectivity index (χ4v) is 3.84. The molecule has 3 heterocycles. The number of nitrogens with one attached hydrogen (secondary N) is 1. The molecule has 3 aromatic rings. The van der Waals surface area contributed by atoms with Crippen LogP contribution in [0.3, 0.4) is 0 Å². The van der Waals surface area contributed by atoms with E-state index in [1.165, 1.54) is 17.4 Å². The molecule has 1 amide bonds. The molecule has 1 atom stereocenters. The van der Waals surface area contributed by atoms with E-state index in [4.69, 9.17) is 4.42 Å². The molecule has 0 fully saturated rings. The van der Waals surface area contributed by atoms with Gasteiger partial charge < -0.3 is 14.3 Å². The summed E-state index contributed by atoms with van der Waals surface area (Å²) in [5, 5.41) is 11.7. The predicted molar refractivity (Wildman–Crippen MR) is 115 cm³/mol. The van der Waals surface area contributed by atoms with Gasteiger partial charge in [-0.05, 0) is 31.5 Å². The van der Waals surface area contributed by atoms with Crippen LogP contribution in [-0.2, 0) is 13.0 Å². The lowest BCUT2D eigenvalue weighted by atomic mass is 10.1. The monoisotopic (exact) mass is 405 g/mol. The Labute approximate surface area is 176 Å². The van der Waals surface area contributed by atoms with Gasteiger partial charge in [0.1, 0.15) is 5.82 Å². The van der Waals surface area contributed by atoms with Crippen LogP contribution in [0, 0.1) is 0 Å². The first-order chi connectivity index (χ1) is 14.6. The van der Waals surface area contributed by atoms with E-state index in [0.29, 0.717) is 5.76 Å². The van der Waals surface area contributed by atoms with Crippen molar-refractivity contribution < 1.29 is 9.21 Å². The van der Waals surface area contributed by atoms with Gasteiger partial charge in [-0.2, -0.15) is 0 Å². The molecular formula is C23H27N5O2. The minimum Gasteiger partial charge on any atom is -0.459 e. The number of benzene rings is 1. The van der Waals surface area contributed by atoms with Crippen LogP contribution in [0.1, 0.15) is 47.7 Å². The van der Waals surface area contributed by atoms with Crippen molar-refractivity contribution >= 4 is 12.0 Å². The standard InChI is InChI=1S/C23H27N5O2/c1-17(15-19-7-4-3-5-8-19)16-27-11-10-21-25-26-22(28(21)13-12-27)18(2)24-23(29)20-9-6-14-30-20/h3-9,14-15,18H,10-13,16H2,1-2H3,(H,24,29)/b17-15+.